The summed E-state index contributed by atoms with van der Waals surface area (Å²) in [7, 11) is 0. The summed E-state index contributed by atoms with van der Waals surface area (Å²) in [4.78, 5) is 39.8. The first-order valence-corrected chi connectivity index (χ1v) is 7.32. The topological polar surface area (TPSA) is 89.8 Å². The largest absolute Gasteiger partial charge is 0.363 e. The summed E-state index contributed by atoms with van der Waals surface area (Å²) in [5, 5.41) is 12.2. The number of carbonyl (C=O) groups is 2. The molecule has 0 unspecified atom stereocenters. The zero-order valence-electron chi connectivity index (χ0n) is 13.7. The van der Waals surface area contributed by atoms with E-state index in [0.29, 0.717) is 12.8 Å². The van der Waals surface area contributed by atoms with Crippen LogP contribution in [0.5, 0.6) is 0 Å². The third-order valence-electron chi connectivity index (χ3n) is 3.85. The van der Waals surface area contributed by atoms with Crippen LogP contribution in [0.1, 0.15) is 50.9 Å². The molecule has 1 fully saturated rings. The normalized spacial score (nSPS) is 20.1. The van der Waals surface area contributed by atoms with Crippen molar-refractivity contribution in [2.45, 2.75) is 51.6 Å². The van der Waals surface area contributed by atoms with Crippen LogP contribution in [-0.4, -0.2) is 32.8 Å². The summed E-state index contributed by atoms with van der Waals surface area (Å²) in [6.07, 6.45) is 0.591. The van der Waals surface area contributed by atoms with Crippen LogP contribution in [0.3, 0.4) is 0 Å². The summed E-state index contributed by atoms with van der Waals surface area (Å²) < 4.78 is 0. The maximum absolute atomic E-state index is 12.3. The van der Waals surface area contributed by atoms with E-state index < -0.39 is 22.0 Å². The van der Waals surface area contributed by atoms with Crippen LogP contribution in [0.4, 0.5) is 5.69 Å². The minimum absolute atomic E-state index is 0.0919. The Morgan fingerprint density at radius 3 is 2.04 bits per heavy atom. The number of nitro benzene ring substituents is 1. The summed E-state index contributed by atoms with van der Waals surface area (Å²) in [6.45, 7) is 7.37. The maximum Gasteiger partial charge on any atom is 0.357 e. The number of piperidine rings is 1. The molecule has 0 amide bonds. The molecule has 1 aliphatic heterocycles. The van der Waals surface area contributed by atoms with E-state index in [4.69, 9.17) is 4.84 Å². The van der Waals surface area contributed by atoms with Gasteiger partial charge in [-0.05, 0) is 39.8 Å². The molecule has 1 saturated heterocycles. The molecule has 0 spiro atoms. The molecule has 23 heavy (non-hydrogen) atoms. The van der Waals surface area contributed by atoms with Gasteiger partial charge < -0.3 is 4.84 Å². The van der Waals surface area contributed by atoms with Gasteiger partial charge in [-0.1, -0.05) is 0 Å². The number of benzene rings is 1. The van der Waals surface area contributed by atoms with Crippen molar-refractivity contribution in [3.63, 3.8) is 0 Å². The molecule has 7 heteroatoms. The molecule has 0 atom stereocenters. The molecule has 1 aromatic carbocycles. The van der Waals surface area contributed by atoms with Gasteiger partial charge in [0, 0.05) is 25.0 Å². The van der Waals surface area contributed by atoms with Crippen LogP contribution in [-0.2, 0) is 9.63 Å². The molecule has 1 heterocycles. The van der Waals surface area contributed by atoms with Crippen molar-refractivity contribution in [2.75, 3.05) is 0 Å². The van der Waals surface area contributed by atoms with Crippen LogP contribution < -0.4 is 0 Å². The van der Waals surface area contributed by atoms with Crippen LogP contribution in [0.2, 0.25) is 0 Å². The van der Waals surface area contributed by atoms with E-state index in [-0.39, 0.29) is 17.0 Å². The number of hydrogen-bond donors (Lipinski definition) is 0. The van der Waals surface area contributed by atoms with Crippen molar-refractivity contribution in [3.05, 3.63) is 39.9 Å². The molecule has 0 bridgehead atoms. The number of carbonyl (C=O) groups excluding carboxylic acids is 2. The van der Waals surface area contributed by atoms with E-state index >= 15 is 0 Å². The molecule has 0 saturated carbocycles. The van der Waals surface area contributed by atoms with Crippen molar-refractivity contribution < 1.29 is 19.3 Å². The fourth-order valence-corrected chi connectivity index (χ4v) is 3.09. The van der Waals surface area contributed by atoms with Gasteiger partial charge in [-0.3, -0.25) is 14.9 Å². The SMILES string of the molecule is CC1(C)CC(=O)CC(C)(C)N1OC(=O)c1ccc([N+](=O)[O-])cc1. The van der Waals surface area contributed by atoms with E-state index in [1.54, 1.807) is 5.06 Å². The molecular formula is C16H20N2O5. The summed E-state index contributed by atoms with van der Waals surface area (Å²) in [5.41, 5.74) is -1.10. The minimum atomic E-state index is -0.616. The lowest BCUT2D eigenvalue weighted by molar-refractivity contribution is -0.384. The Kier molecular flexibility index (Phi) is 4.26. The highest BCUT2D eigenvalue weighted by Crippen LogP contribution is 2.37. The van der Waals surface area contributed by atoms with Crippen molar-refractivity contribution >= 4 is 17.4 Å². The highest BCUT2D eigenvalue weighted by atomic mass is 16.7. The first-order valence-electron chi connectivity index (χ1n) is 7.32. The Morgan fingerprint density at radius 2 is 1.61 bits per heavy atom. The van der Waals surface area contributed by atoms with Gasteiger partial charge in [-0.2, -0.15) is 0 Å². The summed E-state index contributed by atoms with van der Waals surface area (Å²) in [6, 6.07) is 5.23. The Hall–Kier alpha value is -2.28. The van der Waals surface area contributed by atoms with E-state index in [9.17, 15) is 19.7 Å². The number of ketones is 1. The summed E-state index contributed by atoms with van der Waals surface area (Å²) >= 11 is 0. The molecular weight excluding hydrogens is 300 g/mol. The Balaban J connectivity index is 2.20. The fourth-order valence-electron chi connectivity index (χ4n) is 3.09. The molecule has 2 rings (SSSR count). The average molecular weight is 320 g/mol. The quantitative estimate of drug-likeness (QED) is 0.628. The molecule has 1 aliphatic rings. The molecule has 0 radical (unpaired) electrons. The molecule has 0 N–H and O–H groups in total. The molecule has 7 nitrogen and oxygen atoms in total. The van der Waals surface area contributed by atoms with Gasteiger partial charge in [-0.25, -0.2) is 4.79 Å². The monoisotopic (exact) mass is 320 g/mol. The Bertz CT molecular complexity index is 629. The lowest BCUT2D eigenvalue weighted by Crippen LogP contribution is -2.61. The number of nitro groups is 1. The number of hydroxylamine groups is 2. The maximum atomic E-state index is 12.3. The van der Waals surface area contributed by atoms with Crippen LogP contribution in [0, 0.1) is 10.1 Å². The van der Waals surface area contributed by atoms with Crippen molar-refractivity contribution in [1.82, 2.24) is 5.06 Å². The summed E-state index contributed by atoms with van der Waals surface area (Å²) in [5.74, 6) is -0.474. The smallest absolute Gasteiger partial charge is 0.357 e. The number of hydrogen-bond acceptors (Lipinski definition) is 6. The van der Waals surface area contributed by atoms with E-state index in [2.05, 4.69) is 0 Å². The predicted molar refractivity (Wildman–Crippen MR) is 82.7 cm³/mol. The van der Waals surface area contributed by atoms with E-state index in [1.165, 1.54) is 24.3 Å². The van der Waals surface area contributed by atoms with Gasteiger partial charge in [0.2, 0.25) is 0 Å². The molecule has 0 aromatic heterocycles. The zero-order valence-corrected chi connectivity index (χ0v) is 13.7. The number of non-ortho nitro benzene ring substituents is 1. The Labute approximate surface area is 134 Å². The number of rotatable bonds is 3. The second-order valence-electron chi connectivity index (χ2n) is 6.99. The number of nitrogens with zero attached hydrogens (tertiary/aromatic N) is 2. The lowest BCUT2D eigenvalue weighted by atomic mass is 9.81. The van der Waals surface area contributed by atoms with Crippen molar-refractivity contribution in [3.8, 4) is 0 Å². The Morgan fingerprint density at radius 1 is 1.13 bits per heavy atom. The molecule has 0 aliphatic carbocycles. The van der Waals surface area contributed by atoms with Gasteiger partial charge in [0.1, 0.15) is 5.78 Å². The van der Waals surface area contributed by atoms with Gasteiger partial charge in [0.15, 0.2) is 0 Å². The first kappa shape index (κ1) is 17.1. The lowest BCUT2D eigenvalue weighted by Gasteiger charge is -2.49. The van der Waals surface area contributed by atoms with Gasteiger partial charge in [-0.15, -0.1) is 5.06 Å². The predicted octanol–water partition coefficient (Wildman–Crippen LogP) is 2.89. The molecule has 124 valence electrons. The fraction of sp³-hybridized carbons (Fsp3) is 0.500. The minimum Gasteiger partial charge on any atom is -0.363 e. The van der Waals surface area contributed by atoms with Gasteiger partial charge in [0.05, 0.1) is 21.6 Å². The standard InChI is InChI=1S/C16H20N2O5/c1-15(2)9-13(19)10-16(3,4)18(15)23-14(20)11-5-7-12(8-6-11)17(21)22/h5-8H,9-10H2,1-4H3. The average Bonchev–Trinajstić information content (AvgIpc) is 2.41. The van der Waals surface area contributed by atoms with Crippen LogP contribution in [0.15, 0.2) is 24.3 Å². The third kappa shape index (κ3) is 3.56. The van der Waals surface area contributed by atoms with Gasteiger partial charge >= 0.3 is 5.97 Å². The second-order valence-corrected chi connectivity index (χ2v) is 6.99. The molecule has 1 aromatic rings. The highest BCUT2D eigenvalue weighted by Gasteiger charge is 2.47. The highest BCUT2D eigenvalue weighted by molar-refractivity contribution is 5.89. The third-order valence-corrected chi connectivity index (χ3v) is 3.85. The van der Waals surface area contributed by atoms with Crippen LogP contribution in [0.25, 0.3) is 0 Å². The van der Waals surface area contributed by atoms with E-state index in [0.717, 1.165) is 0 Å². The van der Waals surface area contributed by atoms with Crippen molar-refractivity contribution in [2.24, 2.45) is 0 Å². The van der Waals surface area contributed by atoms with Gasteiger partial charge in [0.25, 0.3) is 5.69 Å². The van der Waals surface area contributed by atoms with E-state index in [1.807, 2.05) is 27.7 Å². The first-order chi connectivity index (χ1) is 10.5. The van der Waals surface area contributed by atoms with Crippen molar-refractivity contribution in [1.29, 1.82) is 0 Å². The zero-order chi connectivity index (χ0) is 17.4. The second kappa shape index (κ2) is 5.73. The van der Waals surface area contributed by atoms with Crippen LogP contribution >= 0.6 is 0 Å². The number of Topliss-reactive ketones (excluding diaryl/α,β-unsaturated/α-hetero) is 1.